The summed E-state index contributed by atoms with van der Waals surface area (Å²) in [7, 11) is 0. The van der Waals surface area contributed by atoms with Crippen molar-refractivity contribution in [2.45, 2.75) is 0 Å². The summed E-state index contributed by atoms with van der Waals surface area (Å²) in [6.07, 6.45) is 0. The molecule has 1 rings (SSSR count). The molecule has 3 nitrogen and oxygen atoms in total. The second kappa shape index (κ2) is 3.70. The molecule has 5 heteroatoms. The van der Waals surface area contributed by atoms with Crippen molar-refractivity contribution in [1.82, 2.24) is 0 Å². The molecule has 0 fully saturated rings. The Morgan fingerprint density at radius 2 is 2.23 bits per heavy atom. The first-order valence-electron chi connectivity index (χ1n) is 3.25. The first-order chi connectivity index (χ1) is 6.06. The fourth-order valence-electron chi connectivity index (χ4n) is 0.843. The van der Waals surface area contributed by atoms with E-state index in [1.165, 1.54) is 6.07 Å². The zero-order valence-corrected chi connectivity index (χ0v) is 8.50. The highest BCUT2D eigenvalue weighted by Crippen LogP contribution is 2.16. The summed E-state index contributed by atoms with van der Waals surface area (Å²) >= 11 is 1.72. The number of primary amides is 1. The summed E-state index contributed by atoms with van der Waals surface area (Å²) in [4.78, 5) is 10.8. The van der Waals surface area contributed by atoms with E-state index in [1.54, 1.807) is 28.7 Å². The molecular weight excluding hydrogens is 286 g/mol. The normalized spacial score (nSPS) is 9.31. The average Bonchev–Trinajstić information content (AvgIpc) is 2.08. The lowest BCUT2D eigenvalue weighted by molar-refractivity contribution is 0.1000. The standard InChI is InChI=1S/C8H4FIN2O/c9-6-1-4(3-11)5(8(12)13)2-7(6)10/h1-2H,(H2,12,13). The van der Waals surface area contributed by atoms with E-state index in [2.05, 4.69) is 0 Å². The number of benzene rings is 1. The summed E-state index contributed by atoms with van der Waals surface area (Å²) in [5, 5.41) is 8.56. The van der Waals surface area contributed by atoms with E-state index in [-0.39, 0.29) is 14.7 Å². The summed E-state index contributed by atoms with van der Waals surface area (Å²) in [5.74, 6) is -1.25. The highest BCUT2D eigenvalue weighted by atomic mass is 127. The average molecular weight is 290 g/mol. The van der Waals surface area contributed by atoms with E-state index < -0.39 is 11.7 Å². The molecular formula is C8H4FIN2O. The van der Waals surface area contributed by atoms with Crippen LogP contribution in [-0.4, -0.2) is 5.91 Å². The minimum Gasteiger partial charge on any atom is -0.366 e. The lowest BCUT2D eigenvalue weighted by Crippen LogP contribution is -2.13. The number of halogens is 2. The van der Waals surface area contributed by atoms with Crippen LogP contribution in [0.3, 0.4) is 0 Å². The molecule has 0 spiro atoms. The van der Waals surface area contributed by atoms with Gasteiger partial charge in [0.15, 0.2) is 0 Å². The van der Waals surface area contributed by atoms with Gasteiger partial charge in [-0.25, -0.2) is 4.39 Å². The Morgan fingerprint density at radius 1 is 1.62 bits per heavy atom. The molecule has 0 heterocycles. The van der Waals surface area contributed by atoms with Crippen molar-refractivity contribution >= 4 is 28.5 Å². The first-order valence-corrected chi connectivity index (χ1v) is 4.33. The predicted molar refractivity (Wildman–Crippen MR) is 52.3 cm³/mol. The summed E-state index contributed by atoms with van der Waals surface area (Å²) in [5.41, 5.74) is 5.01. The van der Waals surface area contributed by atoms with E-state index in [9.17, 15) is 9.18 Å². The Hall–Kier alpha value is -1.16. The second-order valence-electron chi connectivity index (χ2n) is 2.29. The number of carbonyl (C=O) groups is 1. The number of hydrogen-bond acceptors (Lipinski definition) is 2. The SMILES string of the molecule is N#Cc1cc(F)c(I)cc1C(N)=O. The third-order valence-corrected chi connectivity index (χ3v) is 2.27. The minimum absolute atomic E-state index is 0.0367. The third kappa shape index (κ3) is 1.95. The van der Waals surface area contributed by atoms with Crippen LogP contribution < -0.4 is 5.73 Å². The van der Waals surface area contributed by atoms with Gasteiger partial charge in [-0.1, -0.05) is 0 Å². The molecule has 0 aliphatic heterocycles. The van der Waals surface area contributed by atoms with Gasteiger partial charge >= 0.3 is 0 Å². The minimum atomic E-state index is -0.727. The van der Waals surface area contributed by atoms with Crippen molar-refractivity contribution in [3.05, 3.63) is 32.6 Å². The highest BCUT2D eigenvalue weighted by Gasteiger charge is 2.11. The summed E-state index contributed by atoms with van der Waals surface area (Å²) < 4.78 is 13.2. The maximum Gasteiger partial charge on any atom is 0.250 e. The van der Waals surface area contributed by atoms with Crippen molar-refractivity contribution < 1.29 is 9.18 Å². The molecule has 0 aliphatic rings. The van der Waals surface area contributed by atoms with Crippen LogP contribution in [0.1, 0.15) is 15.9 Å². The predicted octanol–water partition coefficient (Wildman–Crippen LogP) is 1.40. The zero-order valence-electron chi connectivity index (χ0n) is 6.34. The molecule has 0 aliphatic carbocycles. The van der Waals surface area contributed by atoms with E-state index in [0.29, 0.717) is 0 Å². The Morgan fingerprint density at radius 3 is 2.69 bits per heavy atom. The van der Waals surface area contributed by atoms with Gasteiger partial charge in [-0.15, -0.1) is 0 Å². The molecule has 1 aromatic carbocycles. The number of nitrogens with two attached hydrogens (primary N) is 1. The lowest BCUT2D eigenvalue weighted by Gasteiger charge is -2.00. The molecule has 2 N–H and O–H groups in total. The van der Waals surface area contributed by atoms with Gasteiger partial charge in [0.2, 0.25) is 5.91 Å². The van der Waals surface area contributed by atoms with Crippen LogP contribution in [0.5, 0.6) is 0 Å². The van der Waals surface area contributed by atoms with Crippen LogP contribution in [0.25, 0.3) is 0 Å². The van der Waals surface area contributed by atoms with Crippen LogP contribution >= 0.6 is 22.6 Å². The molecule has 1 amide bonds. The molecule has 0 aromatic heterocycles. The molecule has 13 heavy (non-hydrogen) atoms. The fourth-order valence-corrected chi connectivity index (χ4v) is 1.31. The summed E-state index contributed by atoms with van der Waals surface area (Å²) in [6, 6.07) is 3.96. The van der Waals surface area contributed by atoms with Crippen molar-refractivity contribution in [2.24, 2.45) is 5.73 Å². The van der Waals surface area contributed by atoms with E-state index >= 15 is 0 Å². The van der Waals surface area contributed by atoms with E-state index in [0.717, 1.165) is 6.07 Å². The van der Waals surface area contributed by atoms with Gasteiger partial charge in [-0.2, -0.15) is 5.26 Å². The molecule has 0 bridgehead atoms. The molecule has 0 atom stereocenters. The quantitative estimate of drug-likeness (QED) is 0.794. The monoisotopic (exact) mass is 290 g/mol. The Bertz CT molecular complexity index is 411. The largest absolute Gasteiger partial charge is 0.366 e. The molecule has 66 valence electrons. The number of nitriles is 1. The fraction of sp³-hybridized carbons (Fsp3) is 0. The topological polar surface area (TPSA) is 66.9 Å². The number of carbonyl (C=O) groups excluding carboxylic acids is 1. The number of rotatable bonds is 1. The molecule has 1 aromatic rings. The number of nitrogens with zero attached hydrogens (tertiary/aromatic N) is 1. The maximum absolute atomic E-state index is 12.9. The van der Waals surface area contributed by atoms with Gasteiger partial charge in [-0.05, 0) is 34.7 Å². The van der Waals surface area contributed by atoms with Crippen LogP contribution in [0.2, 0.25) is 0 Å². The zero-order chi connectivity index (χ0) is 10.0. The highest BCUT2D eigenvalue weighted by molar-refractivity contribution is 14.1. The van der Waals surface area contributed by atoms with Crippen molar-refractivity contribution in [3.63, 3.8) is 0 Å². The van der Waals surface area contributed by atoms with Crippen LogP contribution in [0, 0.1) is 20.7 Å². The number of amides is 1. The van der Waals surface area contributed by atoms with Gasteiger partial charge in [0.1, 0.15) is 11.9 Å². The van der Waals surface area contributed by atoms with Crippen LogP contribution in [0.15, 0.2) is 12.1 Å². The Kier molecular flexibility index (Phi) is 2.83. The van der Waals surface area contributed by atoms with Gasteiger partial charge in [-0.3, -0.25) is 4.79 Å². The molecule has 0 saturated heterocycles. The second-order valence-corrected chi connectivity index (χ2v) is 3.45. The smallest absolute Gasteiger partial charge is 0.250 e. The van der Waals surface area contributed by atoms with Crippen LogP contribution in [0.4, 0.5) is 4.39 Å². The van der Waals surface area contributed by atoms with E-state index in [1.807, 2.05) is 0 Å². The van der Waals surface area contributed by atoms with Gasteiger partial charge in [0, 0.05) is 3.57 Å². The maximum atomic E-state index is 12.9. The van der Waals surface area contributed by atoms with Crippen molar-refractivity contribution in [1.29, 1.82) is 5.26 Å². The van der Waals surface area contributed by atoms with Gasteiger partial charge < -0.3 is 5.73 Å². The Labute approximate surface area is 87.5 Å². The van der Waals surface area contributed by atoms with Gasteiger partial charge in [0.25, 0.3) is 0 Å². The third-order valence-electron chi connectivity index (χ3n) is 1.45. The van der Waals surface area contributed by atoms with E-state index in [4.69, 9.17) is 11.0 Å². The Balaban J connectivity index is 3.44. The summed E-state index contributed by atoms with van der Waals surface area (Å²) in [6.45, 7) is 0. The molecule has 0 radical (unpaired) electrons. The molecule has 0 saturated carbocycles. The lowest BCUT2D eigenvalue weighted by atomic mass is 10.1. The van der Waals surface area contributed by atoms with Crippen molar-refractivity contribution in [3.8, 4) is 6.07 Å². The van der Waals surface area contributed by atoms with Gasteiger partial charge in [0.05, 0.1) is 11.1 Å². The first kappa shape index (κ1) is 9.92. The molecule has 0 unspecified atom stereocenters. The van der Waals surface area contributed by atoms with Crippen molar-refractivity contribution in [2.75, 3.05) is 0 Å². The van der Waals surface area contributed by atoms with Crippen LogP contribution in [-0.2, 0) is 0 Å². The number of hydrogen-bond donors (Lipinski definition) is 1.